The van der Waals surface area contributed by atoms with Crippen LogP contribution in [-0.4, -0.2) is 12.6 Å². The third-order valence-electron chi connectivity index (χ3n) is 0.926. The van der Waals surface area contributed by atoms with Gasteiger partial charge in [-0.15, -0.1) is 0 Å². The summed E-state index contributed by atoms with van der Waals surface area (Å²) < 4.78 is 34.9. The average Bonchev–Trinajstić information content (AvgIpc) is 1.63. The molecule has 0 saturated heterocycles. The lowest BCUT2D eigenvalue weighted by Gasteiger charge is -2.06. The van der Waals surface area contributed by atoms with Crippen LogP contribution in [0.3, 0.4) is 0 Å². The van der Waals surface area contributed by atoms with Crippen LogP contribution in [-0.2, 0) is 0 Å². The molecule has 0 rings (SSSR count). The molecule has 0 N–H and O–H groups in total. The molecular weight excluding hydrogens is 129 g/mol. The summed E-state index contributed by atoms with van der Waals surface area (Å²) in [5, 5.41) is 0. The molecule has 0 aliphatic heterocycles. The van der Waals surface area contributed by atoms with Gasteiger partial charge in [0.15, 0.2) is 0 Å². The normalized spacial score (nSPS) is 12.0. The summed E-state index contributed by atoms with van der Waals surface area (Å²) in [7, 11) is 0. The lowest BCUT2D eigenvalue weighted by atomic mass is 10.2. The van der Waals surface area contributed by atoms with Crippen LogP contribution in [0.25, 0.3) is 0 Å². The molecule has 0 bridgehead atoms. The Bertz CT molecular complexity index is 65.2. The third kappa shape index (κ3) is 7.79. The van der Waals surface area contributed by atoms with Crippen LogP contribution in [0.2, 0.25) is 0 Å². The zero-order chi connectivity index (χ0) is 7.33. The Kier molecular flexibility index (Phi) is 3.66. The summed E-state index contributed by atoms with van der Waals surface area (Å²) in [5.41, 5.74) is 0. The SMILES string of the molecule is [CH2]C(F)(F)CCCCF. The fraction of sp³-hybridized carbons (Fsp3) is 0.833. The Hall–Kier alpha value is -0.210. The smallest absolute Gasteiger partial charge is 0.248 e. The second-order valence-electron chi connectivity index (χ2n) is 2.00. The van der Waals surface area contributed by atoms with E-state index in [0.717, 1.165) is 0 Å². The molecular formula is C6H10F3. The molecule has 55 valence electrons. The van der Waals surface area contributed by atoms with E-state index in [9.17, 15) is 13.2 Å². The van der Waals surface area contributed by atoms with Gasteiger partial charge >= 0.3 is 0 Å². The molecule has 0 spiro atoms. The highest BCUT2D eigenvalue weighted by atomic mass is 19.3. The maximum atomic E-state index is 11.8. The van der Waals surface area contributed by atoms with Gasteiger partial charge in [0.1, 0.15) is 0 Å². The third-order valence-corrected chi connectivity index (χ3v) is 0.926. The van der Waals surface area contributed by atoms with Gasteiger partial charge in [0.05, 0.1) is 6.67 Å². The molecule has 0 fully saturated rings. The zero-order valence-electron chi connectivity index (χ0n) is 5.17. The van der Waals surface area contributed by atoms with Crippen LogP contribution in [0.15, 0.2) is 0 Å². The number of hydrogen-bond donors (Lipinski definition) is 0. The Balaban J connectivity index is 3.07. The Labute approximate surface area is 53.1 Å². The Morgan fingerprint density at radius 3 is 2.11 bits per heavy atom. The van der Waals surface area contributed by atoms with Gasteiger partial charge < -0.3 is 0 Å². The van der Waals surface area contributed by atoms with E-state index in [1.165, 1.54) is 0 Å². The number of unbranched alkanes of at least 4 members (excludes halogenated alkanes) is 1. The second kappa shape index (κ2) is 3.75. The van der Waals surface area contributed by atoms with E-state index in [2.05, 4.69) is 6.92 Å². The molecule has 0 saturated carbocycles. The largest absolute Gasteiger partial charge is 0.251 e. The zero-order valence-corrected chi connectivity index (χ0v) is 5.17. The van der Waals surface area contributed by atoms with E-state index in [4.69, 9.17) is 0 Å². The highest BCUT2D eigenvalue weighted by Crippen LogP contribution is 2.18. The first-order chi connectivity index (χ1) is 4.06. The summed E-state index contributed by atoms with van der Waals surface area (Å²) in [6.07, 6.45) is 0.120. The highest BCUT2D eigenvalue weighted by Gasteiger charge is 2.19. The summed E-state index contributed by atoms with van der Waals surface area (Å²) in [6, 6.07) is 0. The summed E-state index contributed by atoms with van der Waals surface area (Å²) in [4.78, 5) is 0. The van der Waals surface area contributed by atoms with Gasteiger partial charge in [-0.25, -0.2) is 8.78 Å². The number of halogens is 3. The predicted molar refractivity (Wildman–Crippen MR) is 30.1 cm³/mol. The van der Waals surface area contributed by atoms with Gasteiger partial charge in [-0.05, 0) is 12.8 Å². The Morgan fingerprint density at radius 1 is 1.22 bits per heavy atom. The van der Waals surface area contributed by atoms with Gasteiger partial charge in [-0.2, -0.15) is 0 Å². The summed E-state index contributed by atoms with van der Waals surface area (Å²) in [5.74, 6) is -2.87. The van der Waals surface area contributed by atoms with Crippen molar-refractivity contribution in [3.63, 3.8) is 0 Å². The van der Waals surface area contributed by atoms with Crippen LogP contribution in [0.1, 0.15) is 19.3 Å². The average molecular weight is 139 g/mol. The fourth-order valence-corrected chi connectivity index (χ4v) is 0.478. The molecule has 0 aliphatic rings. The molecule has 0 aromatic rings. The van der Waals surface area contributed by atoms with E-state index in [1.807, 2.05) is 0 Å². The van der Waals surface area contributed by atoms with Crippen molar-refractivity contribution < 1.29 is 13.2 Å². The molecule has 9 heavy (non-hydrogen) atoms. The van der Waals surface area contributed by atoms with Crippen molar-refractivity contribution in [3.05, 3.63) is 6.92 Å². The quantitative estimate of drug-likeness (QED) is 0.525. The van der Waals surface area contributed by atoms with Gasteiger partial charge in [0.2, 0.25) is 5.92 Å². The van der Waals surface area contributed by atoms with Crippen molar-refractivity contribution in [2.24, 2.45) is 0 Å². The molecule has 0 amide bonds. The van der Waals surface area contributed by atoms with E-state index in [-0.39, 0.29) is 19.3 Å². The van der Waals surface area contributed by atoms with Crippen molar-refractivity contribution in [2.75, 3.05) is 6.67 Å². The number of alkyl halides is 3. The minimum Gasteiger partial charge on any atom is -0.251 e. The molecule has 0 aliphatic carbocycles. The van der Waals surface area contributed by atoms with Gasteiger partial charge in [-0.3, -0.25) is 4.39 Å². The molecule has 1 radical (unpaired) electrons. The summed E-state index contributed by atoms with van der Waals surface area (Å²) >= 11 is 0. The lowest BCUT2D eigenvalue weighted by molar-refractivity contribution is 0.0392. The highest BCUT2D eigenvalue weighted by molar-refractivity contribution is 4.67. The minimum absolute atomic E-state index is 0.213. The molecule has 0 aromatic heterocycles. The van der Waals surface area contributed by atoms with E-state index in [0.29, 0.717) is 0 Å². The van der Waals surface area contributed by atoms with E-state index >= 15 is 0 Å². The fourth-order valence-electron chi connectivity index (χ4n) is 0.478. The van der Waals surface area contributed by atoms with Crippen molar-refractivity contribution >= 4 is 0 Å². The molecule has 0 heterocycles. The topological polar surface area (TPSA) is 0 Å². The number of rotatable bonds is 4. The molecule has 0 nitrogen and oxygen atoms in total. The summed E-state index contributed by atoms with van der Waals surface area (Å²) in [6.45, 7) is 2.07. The second-order valence-corrected chi connectivity index (χ2v) is 2.00. The van der Waals surface area contributed by atoms with Crippen LogP contribution in [0.4, 0.5) is 13.2 Å². The van der Waals surface area contributed by atoms with Crippen molar-refractivity contribution in [1.82, 2.24) is 0 Å². The van der Waals surface area contributed by atoms with Crippen LogP contribution >= 0.6 is 0 Å². The maximum Gasteiger partial charge on any atom is 0.248 e. The van der Waals surface area contributed by atoms with Crippen LogP contribution in [0, 0.1) is 6.92 Å². The monoisotopic (exact) mass is 139 g/mol. The van der Waals surface area contributed by atoms with Gasteiger partial charge in [-0.1, -0.05) is 0 Å². The van der Waals surface area contributed by atoms with Crippen molar-refractivity contribution in [1.29, 1.82) is 0 Å². The first-order valence-electron chi connectivity index (χ1n) is 2.85. The number of hydrogen-bond acceptors (Lipinski definition) is 0. The maximum absolute atomic E-state index is 11.8. The van der Waals surface area contributed by atoms with Gasteiger partial charge in [0, 0.05) is 13.3 Å². The molecule has 0 aromatic carbocycles. The predicted octanol–water partition coefficient (Wildman–Crippen LogP) is 2.60. The van der Waals surface area contributed by atoms with E-state index < -0.39 is 12.6 Å². The minimum atomic E-state index is -2.87. The molecule has 3 heteroatoms. The molecule has 0 unspecified atom stereocenters. The van der Waals surface area contributed by atoms with Gasteiger partial charge in [0.25, 0.3) is 0 Å². The Morgan fingerprint density at radius 2 is 1.78 bits per heavy atom. The first kappa shape index (κ1) is 8.79. The lowest BCUT2D eigenvalue weighted by Crippen LogP contribution is -2.09. The van der Waals surface area contributed by atoms with Crippen LogP contribution < -0.4 is 0 Å². The van der Waals surface area contributed by atoms with Crippen LogP contribution in [0.5, 0.6) is 0 Å². The molecule has 0 atom stereocenters. The standard InChI is InChI=1S/C6H10F3/c1-6(8,9)4-2-3-5-7/h1-5H2. The van der Waals surface area contributed by atoms with Crippen molar-refractivity contribution in [3.8, 4) is 0 Å². The first-order valence-corrected chi connectivity index (χ1v) is 2.85. The van der Waals surface area contributed by atoms with Crippen molar-refractivity contribution in [2.45, 2.75) is 25.2 Å². The van der Waals surface area contributed by atoms with E-state index in [1.54, 1.807) is 0 Å².